The van der Waals surface area contributed by atoms with Crippen LogP contribution in [-0.4, -0.2) is 54.6 Å². The van der Waals surface area contributed by atoms with Gasteiger partial charge < -0.3 is 15.3 Å². The van der Waals surface area contributed by atoms with Gasteiger partial charge in [-0.25, -0.2) is 14.8 Å². The minimum atomic E-state index is -1.29. The van der Waals surface area contributed by atoms with Gasteiger partial charge >= 0.3 is 5.97 Å². The van der Waals surface area contributed by atoms with E-state index in [0.717, 1.165) is 42.7 Å². The largest absolute Gasteiger partial charge is 0.477 e. The topological polar surface area (TPSA) is 126 Å². The van der Waals surface area contributed by atoms with E-state index < -0.39 is 11.4 Å². The molecule has 5 heterocycles. The van der Waals surface area contributed by atoms with Crippen molar-refractivity contribution in [3.05, 3.63) is 64.5 Å². The summed E-state index contributed by atoms with van der Waals surface area (Å²) in [4.78, 5) is 39.6. The molecule has 11 heteroatoms. The van der Waals surface area contributed by atoms with E-state index in [-0.39, 0.29) is 10.9 Å². The number of hydrogen-bond acceptors (Lipinski definition) is 9. The van der Waals surface area contributed by atoms with Crippen LogP contribution in [0.1, 0.15) is 15.9 Å². The number of carboxylic acid groups (broad SMARTS) is 1. The number of rotatable bonds is 6. The van der Waals surface area contributed by atoms with E-state index in [1.54, 1.807) is 19.3 Å². The molecule has 0 amide bonds. The number of nitrogens with one attached hydrogen (secondary N) is 1. The molecule has 0 unspecified atom stereocenters. The standard InChI is InChI=1S/C21H19N7O3S/c1-12-6-16(27-8-13(9-27)7-23-14-2-4-22-5-3-14)26-19-17(12)18(29)15(20(30)31)10-28(19)21-24-11-25-32-21/h2-6,10-11,13H,7-9H2,1H3,(H,22,23)(H,30,31). The lowest BCUT2D eigenvalue weighted by Crippen LogP contribution is -2.50. The van der Waals surface area contributed by atoms with Gasteiger partial charge in [0.2, 0.25) is 10.6 Å². The summed E-state index contributed by atoms with van der Waals surface area (Å²) < 4.78 is 5.54. The molecule has 0 radical (unpaired) electrons. The van der Waals surface area contributed by atoms with E-state index >= 15 is 0 Å². The van der Waals surface area contributed by atoms with Crippen LogP contribution in [0, 0.1) is 12.8 Å². The van der Waals surface area contributed by atoms with Gasteiger partial charge in [0.05, 0.1) is 5.39 Å². The SMILES string of the molecule is Cc1cc(N2CC(CNc3ccncc3)C2)nc2c1c(=O)c(C(=O)O)cn2-c1ncns1. The molecular weight excluding hydrogens is 430 g/mol. The molecular formula is C21H19N7O3S. The maximum absolute atomic E-state index is 12.9. The summed E-state index contributed by atoms with van der Waals surface area (Å²) in [5, 5.41) is 13.6. The molecule has 4 aromatic heterocycles. The Hall–Kier alpha value is -3.86. The minimum absolute atomic E-state index is 0.278. The van der Waals surface area contributed by atoms with Gasteiger partial charge in [-0.1, -0.05) is 0 Å². The van der Waals surface area contributed by atoms with Crippen molar-refractivity contribution in [3.8, 4) is 5.13 Å². The molecule has 5 rings (SSSR count). The smallest absolute Gasteiger partial charge is 0.341 e. The fraction of sp³-hybridized carbons (Fsp3) is 0.238. The first-order valence-corrected chi connectivity index (χ1v) is 10.7. The van der Waals surface area contributed by atoms with Gasteiger partial charge in [-0.15, -0.1) is 0 Å². The number of hydrogen-bond donors (Lipinski definition) is 2. The number of aryl methyl sites for hydroxylation is 1. The van der Waals surface area contributed by atoms with Crippen molar-refractivity contribution in [2.24, 2.45) is 5.92 Å². The minimum Gasteiger partial charge on any atom is -0.477 e. The van der Waals surface area contributed by atoms with E-state index in [0.29, 0.717) is 22.3 Å². The van der Waals surface area contributed by atoms with Gasteiger partial charge in [0, 0.05) is 61.4 Å². The Labute approximate surface area is 186 Å². The van der Waals surface area contributed by atoms with Crippen LogP contribution in [-0.2, 0) is 0 Å². The molecule has 1 aliphatic heterocycles. The number of fused-ring (bicyclic) bond motifs is 1. The summed E-state index contributed by atoms with van der Waals surface area (Å²) in [6.07, 6.45) is 6.17. The summed E-state index contributed by atoms with van der Waals surface area (Å²) in [6, 6.07) is 5.71. The second-order valence-corrected chi connectivity index (χ2v) is 8.41. The van der Waals surface area contributed by atoms with Gasteiger partial charge in [0.1, 0.15) is 17.7 Å². The third-order valence-electron chi connectivity index (χ3n) is 5.48. The number of nitrogens with zero attached hydrogens (tertiary/aromatic N) is 6. The molecule has 0 spiro atoms. The average Bonchev–Trinajstić information content (AvgIpc) is 3.27. The Morgan fingerprint density at radius 2 is 2.09 bits per heavy atom. The van der Waals surface area contributed by atoms with Crippen LogP contribution in [0.15, 0.2) is 47.9 Å². The number of carboxylic acids is 1. The average molecular weight is 449 g/mol. The van der Waals surface area contributed by atoms with Crippen LogP contribution >= 0.6 is 11.5 Å². The molecule has 32 heavy (non-hydrogen) atoms. The van der Waals surface area contributed by atoms with E-state index in [9.17, 15) is 14.7 Å². The number of carbonyl (C=O) groups is 1. The van der Waals surface area contributed by atoms with Crippen molar-refractivity contribution >= 4 is 40.0 Å². The zero-order valence-corrected chi connectivity index (χ0v) is 17.9. The predicted molar refractivity (Wildman–Crippen MR) is 121 cm³/mol. The normalized spacial score (nSPS) is 13.8. The Morgan fingerprint density at radius 1 is 1.31 bits per heavy atom. The molecule has 0 atom stereocenters. The molecule has 1 aliphatic rings. The molecule has 0 bridgehead atoms. The first-order valence-electron chi connectivity index (χ1n) is 9.97. The number of aromatic nitrogens is 5. The molecule has 1 saturated heterocycles. The molecule has 0 aromatic carbocycles. The molecule has 2 N–H and O–H groups in total. The predicted octanol–water partition coefficient (Wildman–Crippen LogP) is 2.19. The number of aromatic carboxylic acids is 1. The Morgan fingerprint density at radius 3 is 2.78 bits per heavy atom. The van der Waals surface area contributed by atoms with E-state index in [1.165, 1.54) is 17.1 Å². The molecule has 1 fully saturated rings. The van der Waals surface area contributed by atoms with E-state index in [2.05, 4.69) is 24.6 Å². The van der Waals surface area contributed by atoms with Gasteiger partial charge in [0.15, 0.2) is 5.65 Å². The van der Waals surface area contributed by atoms with Crippen molar-refractivity contribution in [2.75, 3.05) is 29.9 Å². The second-order valence-electron chi connectivity index (χ2n) is 7.65. The van der Waals surface area contributed by atoms with Crippen LogP contribution in [0.3, 0.4) is 0 Å². The van der Waals surface area contributed by atoms with Crippen LogP contribution in [0.5, 0.6) is 0 Å². The highest BCUT2D eigenvalue weighted by molar-refractivity contribution is 7.08. The van der Waals surface area contributed by atoms with Crippen LogP contribution in [0.25, 0.3) is 16.2 Å². The third-order valence-corrected chi connectivity index (χ3v) is 6.15. The summed E-state index contributed by atoms with van der Waals surface area (Å²) >= 11 is 1.10. The molecule has 0 saturated carbocycles. The summed E-state index contributed by atoms with van der Waals surface area (Å²) in [6.45, 7) is 4.29. The highest BCUT2D eigenvalue weighted by Gasteiger charge is 2.29. The van der Waals surface area contributed by atoms with Crippen LogP contribution in [0.4, 0.5) is 11.5 Å². The molecule has 0 aliphatic carbocycles. The lowest BCUT2D eigenvalue weighted by Gasteiger charge is -2.40. The van der Waals surface area contributed by atoms with Crippen molar-refractivity contribution in [1.82, 2.24) is 23.9 Å². The monoisotopic (exact) mass is 449 g/mol. The quantitative estimate of drug-likeness (QED) is 0.455. The first-order chi connectivity index (χ1) is 15.5. The van der Waals surface area contributed by atoms with Crippen molar-refractivity contribution in [2.45, 2.75) is 6.92 Å². The summed E-state index contributed by atoms with van der Waals surface area (Å²) in [7, 11) is 0. The Balaban J connectivity index is 1.46. The van der Waals surface area contributed by atoms with Gasteiger partial charge in [-0.05, 0) is 30.7 Å². The Kier molecular flexibility index (Phi) is 5.02. The molecule has 10 nitrogen and oxygen atoms in total. The molecule has 162 valence electrons. The zero-order chi connectivity index (χ0) is 22.2. The van der Waals surface area contributed by atoms with E-state index in [1.807, 2.05) is 18.2 Å². The first kappa shape index (κ1) is 20.1. The van der Waals surface area contributed by atoms with Gasteiger partial charge in [-0.3, -0.25) is 14.3 Å². The maximum atomic E-state index is 12.9. The van der Waals surface area contributed by atoms with Crippen LogP contribution < -0.4 is 15.6 Å². The van der Waals surface area contributed by atoms with Crippen molar-refractivity contribution < 1.29 is 9.90 Å². The summed E-state index contributed by atoms with van der Waals surface area (Å²) in [5.74, 6) is -0.0810. The second kappa shape index (κ2) is 8.00. The molecule has 4 aromatic rings. The fourth-order valence-corrected chi connectivity index (χ4v) is 4.34. The van der Waals surface area contributed by atoms with Gasteiger partial charge in [-0.2, -0.15) is 4.37 Å². The van der Waals surface area contributed by atoms with Crippen molar-refractivity contribution in [1.29, 1.82) is 0 Å². The van der Waals surface area contributed by atoms with Gasteiger partial charge in [0.25, 0.3) is 0 Å². The Bertz CT molecular complexity index is 1350. The number of pyridine rings is 3. The van der Waals surface area contributed by atoms with Crippen molar-refractivity contribution in [3.63, 3.8) is 0 Å². The number of anilines is 2. The lowest BCUT2D eigenvalue weighted by atomic mass is 9.99. The third kappa shape index (κ3) is 3.56. The van der Waals surface area contributed by atoms with Crippen LogP contribution in [0.2, 0.25) is 0 Å². The summed E-state index contributed by atoms with van der Waals surface area (Å²) in [5.41, 5.74) is 1.22. The maximum Gasteiger partial charge on any atom is 0.341 e. The highest BCUT2D eigenvalue weighted by atomic mass is 32.1. The van der Waals surface area contributed by atoms with E-state index in [4.69, 9.17) is 4.98 Å². The zero-order valence-electron chi connectivity index (χ0n) is 17.1. The lowest BCUT2D eigenvalue weighted by molar-refractivity contribution is 0.0695. The highest BCUT2D eigenvalue weighted by Crippen LogP contribution is 2.28. The fourth-order valence-electron chi connectivity index (χ4n) is 3.83.